The van der Waals surface area contributed by atoms with Crippen molar-refractivity contribution < 1.29 is 210 Å². The van der Waals surface area contributed by atoms with E-state index in [0.717, 1.165) is 45.3 Å². The fourth-order valence-electron chi connectivity index (χ4n) is 8.81. The van der Waals surface area contributed by atoms with Gasteiger partial charge >= 0.3 is 116 Å². The second kappa shape index (κ2) is 60.1. The van der Waals surface area contributed by atoms with E-state index in [2.05, 4.69) is 52.2 Å². The van der Waals surface area contributed by atoms with Crippen LogP contribution in [0.1, 0.15) is 49.7 Å². The molecule has 39 heteroatoms. The predicted octanol–water partition coefficient (Wildman–Crippen LogP) is 10.8. The van der Waals surface area contributed by atoms with Gasteiger partial charge in [-0.05, 0) is 133 Å². The number of ether oxygens (including phenoxy) is 8. The molecule has 1 spiro atoms. The number of phenolic OH excluding ortho intramolecular Hbond substituents is 6. The third-order valence-electron chi connectivity index (χ3n) is 13.3. The van der Waals surface area contributed by atoms with Gasteiger partial charge in [0.15, 0.2) is 5.78 Å². The summed E-state index contributed by atoms with van der Waals surface area (Å²) in [7, 11) is 5.06. The number of carbonyl (C=O) groups excluding carboxylic acids is 2. The Hall–Kier alpha value is -1.61. The van der Waals surface area contributed by atoms with E-state index in [-0.39, 0.29) is 226 Å². The molecule has 2 aliphatic rings. The number of hydrogen-bond acceptors (Lipinski definition) is 20. The quantitative estimate of drug-likeness (QED) is 0.00798. The summed E-state index contributed by atoms with van der Waals surface area (Å²) in [6.45, 7) is 0.741. The maximum absolute atomic E-state index is 10.1. The zero-order chi connectivity index (χ0) is 76.4. The van der Waals surface area contributed by atoms with Gasteiger partial charge in [0.05, 0.1) is 81.3 Å². The van der Waals surface area contributed by atoms with Gasteiger partial charge in [0.2, 0.25) is 0 Å². The molecule has 0 aliphatic carbocycles. The Kier molecular flexibility index (Phi) is 64.1. The summed E-state index contributed by atoms with van der Waals surface area (Å²) >= 11 is 63.5. The van der Waals surface area contributed by atoms with Crippen LogP contribution in [0.25, 0.3) is 0 Å². The summed E-state index contributed by atoms with van der Waals surface area (Å²) in [5.74, 6) is 6.26. The first-order chi connectivity index (χ1) is 47.4. The molecule has 0 fully saturated rings. The van der Waals surface area contributed by atoms with Crippen LogP contribution in [0.3, 0.4) is 0 Å². The molecule has 0 unspecified atom stereocenters. The van der Waals surface area contributed by atoms with Crippen LogP contribution in [0, 0.1) is 0 Å². The van der Waals surface area contributed by atoms with Gasteiger partial charge in [0, 0.05) is 56.9 Å². The van der Waals surface area contributed by atoms with Crippen molar-refractivity contribution in [2.24, 2.45) is 0 Å². The molecule has 9 rings (SSSR count). The summed E-state index contributed by atoms with van der Waals surface area (Å²) in [6.07, 6.45) is 0. The third-order valence-corrected chi connectivity index (χ3v) is 15.7. The molecule has 2 heterocycles. The van der Waals surface area contributed by atoms with Gasteiger partial charge in [-0.3, -0.25) is 18.7 Å². The van der Waals surface area contributed by atoms with E-state index in [1.54, 1.807) is 79.1 Å². The van der Waals surface area contributed by atoms with Crippen LogP contribution < -0.4 is 146 Å². The van der Waals surface area contributed by atoms with Gasteiger partial charge in [-0.25, -0.2) is 0 Å². The van der Waals surface area contributed by atoms with Gasteiger partial charge in [-0.15, -0.1) is 163 Å². The second-order valence-corrected chi connectivity index (χ2v) is 29.6. The van der Waals surface area contributed by atoms with Crippen molar-refractivity contribution in [3.63, 3.8) is 0 Å². The molecular formula is C65H78BBr3Cl10K2O22S. The van der Waals surface area contributed by atoms with E-state index in [4.69, 9.17) is 181 Å². The molecule has 0 saturated carbocycles. The molecule has 22 nitrogen and oxygen atoms in total. The monoisotopic (exact) mass is 1920 g/mol. The largest absolute Gasteiger partial charge is 1.00 e. The minimum atomic E-state index is -4.67. The normalized spacial score (nSPS) is 10.9. The Morgan fingerprint density at radius 2 is 0.760 bits per heavy atom. The number of fused-ring (bicyclic) bond motifs is 4. The number of halogens is 13. The molecule has 0 amide bonds. The van der Waals surface area contributed by atoms with Crippen molar-refractivity contribution in [2.75, 3.05) is 102 Å². The number of aromatic hydroxyl groups is 6. The molecule has 7 aromatic rings. The van der Waals surface area contributed by atoms with Gasteiger partial charge in [-0.2, -0.15) is 8.42 Å². The van der Waals surface area contributed by atoms with E-state index >= 15 is 0 Å². The Labute approximate surface area is 768 Å². The summed E-state index contributed by atoms with van der Waals surface area (Å²) in [5.41, 5.74) is 1.69. The van der Waals surface area contributed by atoms with E-state index in [1.165, 1.54) is 36.4 Å². The van der Waals surface area contributed by atoms with Crippen LogP contribution in [-0.2, 0) is 41.1 Å². The molecule has 0 bridgehead atoms. The van der Waals surface area contributed by atoms with Crippen molar-refractivity contribution in [1.29, 1.82) is 0 Å². The number of hydrogen-bond donors (Lipinski definition) is 8. The Morgan fingerprint density at radius 1 is 0.500 bits per heavy atom. The number of rotatable bonds is 17. The zero-order valence-electron chi connectivity index (χ0n) is 56.5. The summed E-state index contributed by atoms with van der Waals surface area (Å²) in [4.78, 5) is 21.2. The molecule has 0 atom stereocenters. The number of carbonyl (C=O) groups is 2. The zero-order valence-corrected chi connectivity index (χ0v) is 74.9. The van der Waals surface area contributed by atoms with Crippen LogP contribution in [-0.4, -0.2) is 165 Å². The van der Waals surface area contributed by atoms with Gasteiger partial charge in [-0.1, -0.05) is 14.9 Å². The van der Waals surface area contributed by atoms with Gasteiger partial charge in [0.25, 0.3) is 6.47 Å². The Morgan fingerprint density at radius 3 is 1.00 bits per heavy atom. The van der Waals surface area contributed by atoms with Crippen molar-refractivity contribution in [3.8, 4) is 80.5 Å². The molecule has 0 radical (unpaired) electrons. The van der Waals surface area contributed by atoms with Crippen LogP contribution in [0.4, 0.5) is 0 Å². The van der Waals surface area contributed by atoms with E-state index in [9.17, 15) is 35.4 Å². The number of benzene rings is 7. The number of Topliss-reactive ketones (excluding diaryl/α,β-unsaturated/α-hetero) is 1. The summed E-state index contributed by atoms with van der Waals surface area (Å²) in [5, 5.41) is 67.7. The van der Waals surface area contributed by atoms with Crippen LogP contribution in [0.15, 0.2) is 133 Å². The van der Waals surface area contributed by atoms with Crippen molar-refractivity contribution in [1.82, 2.24) is 0 Å². The van der Waals surface area contributed by atoms with Gasteiger partial charge in [0.1, 0.15) is 93.7 Å². The first-order valence-corrected chi connectivity index (χ1v) is 36.9. The molecule has 2 aliphatic heterocycles. The number of alkyl halides is 10. The van der Waals surface area contributed by atoms with Crippen molar-refractivity contribution >= 4 is 189 Å². The number of phenols is 6. The maximum atomic E-state index is 10.1. The molecule has 7 aromatic carbocycles. The number of methoxy groups -OCH3 is 6. The fourth-order valence-corrected chi connectivity index (χ4v) is 10.8. The van der Waals surface area contributed by atoms with Crippen LogP contribution >= 0.6 is 163 Å². The first kappa shape index (κ1) is 111. The maximum Gasteiger partial charge on any atom is 1.00 e. The van der Waals surface area contributed by atoms with E-state index in [0.29, 0.717) is 36.2 Å². The minimum absolute atomic E-state index is 0. The number of ketones is 1. The standard InChI is InChI=1S/C19H22Cl2O4.C15H14Cl2O4.C15H12O4.C8H10O2.C3H4Cl2O.2CH2Cl2.CH2O3.2CH4.BBr3.2K.H2O4S.H/c1-22-13-5-7-17(24-3)15(9-13)19(11-20,12-21)16-10-14(23-2)6-8-18(16)25-4;16-7-15(8-17,11-5-9(18)1-3-13(11)20)12-6-10(19)2-4-14(12)21;16-9-1-3-13-11(5-9)15(7-18-13)8-19-14-4-2-10(17)6-12(14)15;1-9-7-3-5-8(10-2)6-4-7;4-1-3(6)2-5;2*2-1-3;2-1-4-3;;;2-1(3)4;;;1-5(2,3)4;/h5-10H,11-12H2,1-4H3;1-6,18-21H,7-8H2;1-6,16-17H,7-8H2;3-6H,1-2H3;1-2H2;2*1H2;1,3H;2*1H4;;;;(H2,1,2,3,4);/q;;;;;;;;;;;2*+1;;-1/p-1. The Bertz CT molecular complexity index is 3460. The summed E-state index contributed by atoms with van der Waals surface area (Å²) < 4.78 is 75.1. The molecular weight excluding hydrogens is 1850 g/mol. The minimum Gasteiger partial charge on any atom is -1.00 e. The van der Waals surface area contributed by atoms with Gasteiger partial charge < -0.3 is 80.1 Å². The summed E-state index contributed by atoms with van der Waals surface area (Å²) in [6, 6.07) is 36.7. The van der Waals surface area contributed by atoms with E-state index < -0.39 is 26.6 Å². The molecule has 8 N–H and O–H groups in total. The van der Waals surface area contributed by atoms with Crippen LogP contribution in [0.5, 0.6) is 80.5 Å². The SMILES string of the molecule is BrB(Br)Br.C.C.COc1ccc(OC)c(C(CCl)(CCl)c2cc(OC)ccc2OC)c1.COc1ccc(OC)cc1.ClCCl.ClCCl.O=C(CCl)CCl.O=CO[O-].O=S(=O)(O)O.Oc1ccc(O)c(C(CCl)(CCl)c2cc(O)ccc2O)c1.Oc1ccc2c(c1)C1(CO2)COc2ccc(O)cc21.[H-].[K+].[K+]. The van der Waals surface area contributed by atoms with Crippen LogP contribution in [0.2, 0.25) is 0 Å². The predicted molar refractivity (Wildman–Crippen MR) is 419 cm³/mol. The smallest absolute Gasteiger partial charge is 1.00 e. The third kappa shape index (κ3) is 37.1. The first-order valence-electron chi connectivity index (χ1n) is 27.4. The molecule has 0 saturated heterocycles. The Balaban J connectivity index is -0.000000281. The second-order valence-electron chi connectivity index (χ2n) is 19.0. The molecule has 572 valence electrons. The van der Waals surface area contributed by atoms with Crippen molar-refractivity contribution in [2.45, 2.75) is 31.1 Å². The van der Waals surface area contributed by atoms with E-state index in [1.807, 2.05) is 60.7 Å². The molecule has 104 heavy (non-hydrogen) atoms. The fraction of sp³-hybridized carbons (Fsp3) is 0.323. The molecule has 0 aromatic heterocycles. The average Bonchev–Trinajstić information content (AvgIpc) is 1.22. The topological polar surface area (TPSA) is 336 Å². The van der Waals surface area contributed by atoms with Crippen molar-refractivity contribution in [3.05, 3.63) is 167 Å². The average molecular weight is 1930 g/mol.